The Morgan fingerprint density at radius 1 is 1.17 bits per heavy atom. The second-order valence-electron chi connectivity index (χ2n) is 5.89. The van der Waals surface area contributed by atoms with Crippen molar-refractivity contribution in [2.45, 2.75) is 12.8 Å². The second-order valence-corrected chi connectivity index (χ2v) is 5.89. The molecule has 24 heavy (non-hydrogen) atoms. The van der Waals surface area contributed by atoms with Crippen LogP contribution in [0.3, 0.4) is 0 Å². The summed E-state index contributed by atoms with van der Waals surface area (Å²) in [6.07, 6.45) is 1.22. The lowest BCUT2D eigenvalue weighted by Crippen LogP contribution is -2.50. The van der Waals surface area contributed by atoms with Crippen LogP contribution < -0.4 is 0 Å². The first-order valence-electron chi connectivity index (χ1n) is 8.20. The number of amides is 2. The first-order valence-corrected chi connectivity index (χ1v) is 8.20. The molecule has 7 heteroatoms. The smallest absolute Gasteiger partial charge is 0.275 e. The van der Waals surface area contributed by atoms with Gasteiger partial charge in [-0.25, -0.2) is 0 Å². The molecule has 128 valence electrons. The molecule has 1 aliphatic rings. The molecule has 1 fully saturated rings. The minimum absolute atomic E-state index is 0.0843. The highest BCUT2D eigenvalue weighted by Gasteiger charge is 2.26. The van der Waals surface area contributed by atoms with Gasteiger partial charge >= 0.3 is 0 Å². The number of carbonyl (C=O) groups excluding carboxylic acids is 2. The molecule has 0 spiro atoms. The normalized spacial score (nSPS) is 15.0. The predicted octanol–water partition coefficient (Wildman–Crippen LogP) is 1.27. The van der Waals surface area contributed by atoms with Gasteiger partial charge in [0.1, 0.15) is 0 Å². The van der Waals surface area contributed by atoms with Crippen molar-refractivity contribution in [3.8, 4) is 0 Å². The number of carbonyl (C=O) groups is 2. The van der Waals surface area contributed by atoms with E-state index in [1.807, 2.05) is 29.2 Å². The molecule has 3 rings (SSSR count). The van der Waals surface area contributed by atoms with Crippen LogP contribution in [0, 0.1) is 0 Å². The molecule has 2 amide bonds. The molecule has 0 unspecified atom stereocenters. The summed E-state index contributed by atoms with van der Waals surface area (Å²) in [5.74, 6) is 0.0447. The highest BCUT2D eigenvalue weighted by Crippen LogP contribution is 2.18. The maximum absolute atomic E-state index is 12.7. The Bertz CT molecular complexity index is 719. The highest BCUT2D eigenvalue weighted by molar-refractivity contribution is 6.04. The molecule has 2 heterocycles. The van der Waals surface area contributed by atoms with Gasteiger partial charge in [0.05, 0.1) is 5.52 Å². The van der Waals surface area contributed by atoms with E-state index in [0.717, 1.165) is 17.3 Å². The number of nitrogens with one attached hydrogen (secondary N) is 1. The molecule has 1 saturated heterocycles. The van der Waals surface area contributed by atoms with Gasteiger partial charge in [-0.05, 0) is 12.5 Å². The molecular weight excluding hydrogens is 308 g/mol. The van der Waals surface area contributed by atoms with Crippen molar-refractivity contribution < 1.29 is 14.3 Å². The van der Waals surface area contributed by atoms with E-state index in [4.69, 9.17) is 4.74 Å². The number of hydrogen-bond acceptors (Lipinski definition) is 4. The minimum Gasteiger partial charge on any atom is -0.385 e. The van der Waals surface area contributed by atoms with Crippen LogP contribution in [0.15, 0.2) is 24.3 Å². The molecule has 1 aromatic heterocycles. The zero-order chi connectivity index (χ0) is 16.9. The standard InChI is InChI=1S/C17H22N4O3/c1-24-12-4-7-15(22)20-8-10-21(11-9-20)17(23)16-13-5-2-3-6-14(13)18-19-16/h2-3,5-6H,4,7-12H2,1H3,(H,18,19). The summed E-state index contributed by atoms with van der Waals surface area (Å²) in [7, 11) is 1.63. The van der Waals surface area contributed by atoms with Crippen LogP contribution >= 0.6 is 0 Å². The summed E-state index contributed by atoms with van der Waals surface area (Å²) in [6, 6.07) is 7.59. The quantitative estimate of drug-likeness (QED) is 0.838. The molecule has 1 aromatic carbocycles. The Labute approximate surface area is 140 Å². The fourth-order valence-electron chi connectivity index (χ4n) is 2.96. The van der Waals surface area contributed by atoms with E-state index < -0.39 is 0 Å². The zero-order valence-corrected chi connectivity index (χ0v) is 13.8. The van der Waals surface area contributed by atoms with E-state index in [2.05, 4.69) is 10.2 Å². The van der Waals surface area contributed by atoms with E-state index in [1.54, 1.807) is 12.0 Å². The van der Waals surface area contributed by atoms with Crippen LogP contribution in [0.25, 0.3) is 10.9 Å². The van der Waals surface area contributed by atoms with Crippen molar-refractivity contribution >= 4 is 22.7 Å². The lowest BCUT2D eigenvalue weighted by atomic mass is 10.2. The van der Waals surface area contributed by atoms with Crippen molar-refractivity contribution in [3.63, 3.8) is 0 Å². The molecule has 7 nitrogen and oxygen atoms in total. The summed E-state index contributed by atoms with van der Waals surface area (Å²) in [6.45, 7) is 2.81. The first-order chi connectivity index (χ1) is 11.7. The number of hydrogen-bond donors (Lipinski definition) is 1. The van der Waals surface area contributed by atoms with Gasteiger partial charge in [0.2, 0.25) is 5.91 Å². The van der Waals surface area contributed by atoms with Crippen molar-refractivity contribution in [2.24, 2.45) is 0 Å². The molecule has 0 radical (unpaired) electrons. The molecule has 0 saturated carbocycles. The fraction of sp³-hybridized carbons (Fsp3) is 0.471. The molecule has 1 N–H and O–H groups in total. The maximum atomic E-state index is 12.7. The van der Waals surface area contributed by atoms with Gasteiger partial charge in [0.15, 0.2) is 5.69 Å². The summed E-state index contributed by atoms with van der Waals surface area (Å²) in [5, 5.41) is 7.89. The van der Waals surface area contributed by atoms with Crippen LogP contribution in [0.5, 0.6) is 0 Å². The van der Waals surface area contributed by atoms with Gasteiger partial charge in [-0.3, -0.25) is 14.7 Å². The molecule has 0 atom stereocenters. The van der Waals surface area contributed by atoms with E-state index in [9.17, 15) is 9.59 Å². The fourth-order valence-corrected chi connectivity index (χ4v) is 2.96. The average Bonchev–Trinajstić information content (AvgIpc) is 3.05. The third kappa shape index (κ3) is 3.41. The van der Waals surface area contributed by atoms with Crippen LogP contribution in [-0.2, 0) is 9.53 Å². The lowest BCUT2D eigenvalue weighted by Gasteiger charge is -2.34. The molecule has 0 aliphatic carbocycles. The maximum Gasteiger partial charge on any atom is 0.275 e. The van der Waals surface area contributed by atoms with Crippen molar-refractivity contribution in [1.29, 1.82) is 0 Å². The minimum atomic E-state index is -0.0843. The number of nitrogens with zero attached hydrogens (tertiary/aromatic N) is 3. The van der Waals surface area contributed by atoms with Crippen LogP contribution in [-0.4, -0.2) is 71.7 Å². The van der Waals surface area contributed by atoms with Gasteiger partial charge in [-0.1, -0.05) is 18.2 Å². The molecular formula is C17H22N4O3. The SMILES string of the molecule is COCCCC(=O)N1CCN(C(=O)c2n[nH]c3ccccc23)CC1. The first kappa shape index (κ1) is 16.4. The Kier molecular flexibility index (Phi) is 5.10. The summed E-state index contributed by atoms with van der Waals surface area (Å²) >= 11 is 0. The third-order valence-corrected chi connectivity index (χ3v) is 4.33. The lowest BCUT2D eigenvalue weighted by molar-refractivity contribution is -0.133. The highest BCUT2D eigenvalue weighted by atomic mass is 16.5. The van der Waals surface area contributed by atoms with Crippen molar-refractivity contribution in [1.82, 2.24) is 20.0 Å². The Hall–Kier alpha value is -2.41. The monoisotopic (exact) mass is 330 g/mol. The van der Waals surface area contributed by atoms with Gasteiger partial charge in [-0.15, -0.1) is 0 Å². The number of aromatic nitrogens is 2. The van der Waals surface area contributed by atoms with E-state index in [-0.39, 0.29) is 11.8 Å². The number of ether oxygens (including phenoxy) is 1. The number of benzene rings is 1. The topological polar surface area (TPSA) is 78.5 Å². The second kappa shape index (κ2) is 7.44. The number of piperazine rings is 1. The van der Waals surface area contributed by atoms with Crippen LogP contribution in [0.1, 0.15) is 23.3 Å². The van der Waals surface area contributed by atoms with Gasteiger partial charge in [-0.2, -0.15) is 5.10 Å². The zero-order valence-electron chi connectivity index (χ0n) is 13.8. The number of H-pyrrole nitrogens is 1. The van der Waals surface area contributed by atoms with Gasteiger partial charge in [0, 0.05) is 51.7 Å². The molecule has 0 bridgehead atoms. The predicted molar refractivity (Wildman–Crippen MR) is 89.7 cm³/mol. The number of fused-ring (bicyclic) bond motifs is 1. The van der Waals surface area contributed by atoms with Crippen LogP contribution in [0.2, 0.25) is 0 Å². The van der Waals surface area contributed by atoms with E-state index in [0.29, 0.717) is 44.9 Å². The van der Waals surface area contributed by atoms with Crippen LogP contribution in [0.4, 0.5) is 0 Å². The van der Waals surface area contributed by atoms with Crippen molar-refractivity contribution in [2.75, 3.05) is 39.9 Å². The summed E-state index contributed by atoms with van der Waals surface area (Å²) in [5.41, 5.74) is 1.30. The van der Waals surface area contributed by atoms with Gasteiger partial charge < -0.3 is 14.5 Å². The van der Waals surface area contributed by atoms with E-state index >= 15 is 0 Å². The average molecular weight is 330 g/mol. The summed E-state index contributed by atoms with van der Waals surface area (Å²) < 4.78 is 4.97. The van der Waals surface area contributed by atoms with E-state index in [1.165, 1.54) is 0 Å². The molecule has 2 aromatic rings. The summed E-state index contributed by atoms with van der Waals surface area (Å²) in [4.78, 5) is 28.4. The Balaban J connectivity index is 1.58. The number of para-hydroxylation sites is 1. The number of aromatic amines is 1. The number of methoxy groups -OCH3 is 1. The Morgan fingerprint density at radius 3 is 2.62 bits per heavy atom. The number of rotatable bonds is 5. The molecule has 1 aliphatic heterocycles. The van der Waals surface area contributed by atoms with Crippen molar-refractivity contribution in [3.05, 3.63) is 30.0 Å². The third-order valence-electron chi connectivity index (χ3n) is 4.33. The van der Waals surface area contributed by atoms with Gasteiger partial charge in [0.25, 0.3) is 5.91 Å². The largest absolute Gasteiger partial charge is 0.385 e. The Morgan fingerprint density at radius 2 is 1.88 bits per heavy atom.